The van der Waals surface area contributed by atoms with Crippen LogP contribution in [-0.2, 0) is 11.2 Å². The van der Waals surface area contributed by atoms with E-state index in [1.54, 1.807) is 11.3 Å². The summed E-state index contributed by atoms with van der Waals surface area (Å²) in [5.41, 5.74) is 0. The van der Waals surface area contributed by atoms with E-state index in [4.69, 9.17) is 0 Å². The summed E-state index contributed by atoms with van der Waals surface area (Å²) in [4.78, 5) is 22.4. The van der Waals surface area contributed by atoms with Crippen molar-refractivity contribution in [3.05, 3.63) is 16.8 Å². The Balaban J connectivity index is 2.39. The Morgan fingerprint density at radius 1 is 1.43 bits per heavy atom. The number of hydrogen-bond donors (Lipinski definition) is 2. The second kappa shape index (κ2) is 6.39. The molecule has 2 heterocycles. The average molecular weight is 307 g/mol. The average Bonchev–Trinajstić information content (AvgIpc) is 2.80. The summed E-state index contributed by atoms with van der Waals surface area (Å²) in [6.07, 6.45) is 1.50. The number of nitrogens with one attached hydrogen (secondary N) is 1. The van der Waals surface area contributed by atoms with Crippen molar-refractivity contribution < 1.29 is 9.90 Å². The van der Waals surface area contributed by atoms with Crippen molar-refractivity contribution in [2.24, 2.45) is 5.92 Å². The maximum Gasteiger partial charge on any atom is 0.326 e. The van der Waals surface area contributed by atoms with Crippen LogP contribution in [0, 0.1) is 12.8 Å². The monoisotopic (exact) mass is 307 g/mol. The number of fused-ring (bicyclic) bond motifs is 1. The molecule has 0 saturated carbocycles. The minimum Gasteiger partial charge on any atom is -0.480 e. The van der Waals surface area contributed by atoms with Gasteiger partial charge in [0.15, 0.2) is 0 Å². The molecule has 5 nitrogen and oxygen atoms in total. The molecule has 0 aromatic carbocycles. The minimum absolute atomic E-state index is 0.297. The number of aliphatic carboxylic acids is 1. The van der Waals surface area contributed by atoms with Crippen LogP contribution in [0.25, 0.3) is 10.2 Å². The van der Waals surface area contributed by atoms with Gasteiger partial charge in [-0.15, -0.1) is 11.3 Å². The van der Waals surface area contributed by atoms with Crippen LogP contribution in [0.4, 0.5) is 5.82 Å². The Bertz CT molecular complexity index is 652. The highest BCUT2D eigenvalue weighted by Crippen LogP contribution is 2.30. The smallest absolute Gasteiger partial charge is 0.326 e. The fraction of sp³-hybridized carbons (Fsp3) is 0.533. The molecule has 0 spiro atoms. The van der Waals surface area contributed by atoms with Crippen LogP contribution < -0.4 is 5.32 Å². The molecule has 2 aromatic heterocycles. The van der Waals surface area contributed by atoms with Crippen LogP contribution in [0.1, 0.15) is 37.9 Å². The first-order valence-electron chi connectivity index (χ1n) is 7.17. The third-order valence-electron chi connectivity index (χ3n) is 3.22. The van der Waals surface area contributed by atoms with Crippen molar-refractivity contribution in [2.45, 2.75) is 46.6 Å². The lowest BCUT2D eigenvalue weighted by Gasteiger charge is -2.17. The fourth-order valence-electron chi connectivity index (χ4n) is 2.22. The van der Waals surface area contributed by atoms with Gasteiger partial charge >= 0.3 is 5.97 Å². The molecule has 0 fully saturated rings. The largest absolute Gasteiger partial charge is 0.480 e. The predicted molar refractivity (Wildman–Crippen MR) is 86.0 cm³/mol. The number of nitrogens with zero attached hydrogens (tertiary/aromatic N) is 2. The minimum atomic E-state index is -0.848. The van der Waals surface area contributed by atoms with E-state index in [0.29, 0.717) is 24.0 Å². The molecule has 0 aliphatic heterocycles. The molecule has 6 heteroatoms. The Morgan fingerprint density at radius 3 is 2.71 bits per heavy atom. The summed E-state index contributed by atoms with van der Waals surface area (Å²) in [6, 6.07) is 1.42. The van der Waals surface area contributed by atoms with Crippen molar-refractivity contribution in [1.29, 1.82) is 0 Å². The number of hydrogen-bond acceptors (Lipinski definition) is 5. The molecule has 1 atom stereocenters. The fourth-order valence-corrected chi connectivity index (χ4v) is 3.23. The molecule has 114 valence electrons. The molecule has 0 radical (unpaired) electrons. The maximum absolute atomic E-state index is 11.4. The van der Waals surface area contributed by atoms with Crippen LogP contribution in [0.15, 0.2) is 6.07 Å². The van der Waals surface area contributed by atoms with E-state index in [0.717, 1.165) is 16.6 Å². The molecule has 0 unspecified atom stereocenters. The van der Waals surface area contributed by atoms with E-state index in [-0.39, 0.29) is 0 Å². The first-order chi connectivity index (χ1) is 9.90. The molecule has 0 aliphatic carbocycles. The lowest BCUT2D eigenvalue weighted by atomic mass is 10.0. The van der Waals surface area contributed by atoms with Gasteiger partial charge in [-0.2, -0.15) is 0 Å². The van der Waals surface area contributed by atoms with Gasteiger partial charge in [0.25, 0.3) is 0 Å². The molecule has 2 N–H and O–H groups in total. The number of aryl methyl sites for hydroxylation is 2. The second-order valence-corrected chi connectivity index (χ2v) is 6.68. The summed E-state index contributed by atoms with van der Waals surface area (Å²) in [6.45, 7) is 7.95. The molecule has 0 amide bonds. The topological polar surface area (TPSA) is 75.1 Å². The molecule has 2 aromatic rings. The van der Waals surface area contributed by atoms with Crippen molar-refractivity contribution in [2.75, 3.05) is 5.32 Å². The molecule has 21 heavy (non-hydrogen) atoms. The highest BCUT2D eigenvalue weighted by molar-refractivity contribution is 7.18. The third-order valence-corrected chi connectivity index (χ3v) is 4.39. The summed E-state index contributed by atoms with van der Waals surface area (Å²) in [5, 5.41) is 13.4. The molecular weight excluding hydrogens is 286 g/mol. The highest BCUT2D eigenvalue weighted by atomic mass is 32.1. The van der Waals surface area contributed by atoms with Crippen molar-refractivity contribution in [1.82, 2.24) is 9.97 Å². The second-order valence-electron chi connectivity index (χ2n) is 5.57. The summed E-state index contributed by atoms with van der Waals surface area (Å²) >= 11 is 1.64. The third kappa shape index (κ3) is 3.69. The molecule has 0 saturated heterocycles. The summed E-state index contributed by atoms with van der Waals surface area (Å²) in [7, 11) is 0. The van der Waals surface area contributed by atoms with Gasteiger partial charge in [-0.05, 0) is 31.7 Å². The highest BCUT2D eigenvalue weighted by Gasteiger charge is 2.21. The maximum atomic E-state index is 11.4. The van der Waals surface area contributed by atoms with Gasteiger partial charge in [0, 0.05) is 4.88 Å². The zero-order chi connectivity index (χ0) is 15.6. The molecule has 0 aliphatic rings. The molecular formula is C15H21N3O2S. The van der Waals surface area contributed by atoms with Crippen LogP contribution in [0.2, 0.25) is 0 Å². The van der Waals surface area contributed by atoms with E-state index in [1.165, 1.54) is 4.88 Å². The van der Waals surface area contributed by atoms with E-state index < -0.39 is 12.0 Å². The van der Waals surface area contributed by atoms with E-state index in [2.05, 4.69) is 28.3 Å². The number of carboxylic acid groups (broad SMARTS) is 1. The Labute approximate surface area is 128 Å². The predicted octanol–water partition coefficient (Wildman–Crippen LogP) is 3.47. The Kier molecular flexibility index (Phi) is 4.77. The zero-order valence-corrected chi connectivity index (χ0v) is 13.6. The van der Waals surface area contributed by atoms with Crippen LogP contribution in [0.5, 0.6) is 0 Å². The summed E-state index contributed by atoms with van der Waals surface area (Å²) < 4.78 is 0. The molecule has 0 bridgehead atoms. The number of anilines is 1. The van der Waals surface area contributed by atoms with Gasteiger partial charge < -0.3 is 10.4 Å². The van der Waals surface area contributed by atoms with E-state index >= 15 is 0 Å². The number of thiophene rings is 1. The van der Waals surface area contributed by atoms with Crippen LogP contribution in [0.3, 0.4) is 0 Å². The lowest BCUT2D eigenvalue weighted by molar-refractivity contribution is -0.138. The first kappa shape index (κ1) is 15.7. The van der Waals surface area contributed by atoms with Crippen LogP contribution >= 0.6 is 11.3 Å². The molecule has 2 rings (SSSR count). The van der Waals surface area contributed by atoms with Gasteiger partial charge in [-0.3, -0.25) is 0 Å². The van der Waals surface area contributed by atoms with Gasteiger partial charge in [0.1, 0.15) is 22.5 Å². The normalized spacial score (nSPS) is 12.8. The SMILES string of the molecule is CCc1cc2c(N[C@@H](CC(C)C)C(=O)O)nc(C)nc2s1. The van der Waals surface area contributed by atoms with Gasteiger partial charge in [0.05, 0.1) is 5.39 Å². The summed E-state index contributed by atoms with van der Waals surface area (Å²) in [5.74, 6) is 0.731. The zero-order valence-electron chi connectivity index (χ0n) is 12.8. The Hall–Kier alpha value is -1.69. The van der Waals surface area contributed by atoms with Crippen molar-refractivity contribution >= 4 is 33.3 Å². The first-order valence-corrected chi connectivity index (χ1v) is 7.98. The quantitative estimate of drug-likeness (QED) is 0.854. The number of rotatable bonds is 6. The van der Waals surface area contributed by atoms with Gasteiger partial charge in [-0.25, -0.2) is 14.8 Å². The van der Waals surface area contributed by atoms with E-state index in [1.807, 2.05) is 20.8 Å². The lowest BCUT2D eigenvalue weighted by Crippen LogP contribution is -2.31. The number of carbonyl (C=O) groups is 1. The van der Waals surface area contributed by atoms with Crippen LogP contribution in [-0.4, -0.2) is 27.1 Å². The van der Waals surface area contributed by atoms with Gasteiger partial charge in [-0.1, -0.05) is 20.8 Å². The Morgan fingerprint density at radius 2 is 2.14 bits per heavy atom. The number of carboxylic acids is 1. The van der Waals surface area contributed by atoms with Crippen molar-refractivity contribution in [3.8, 4) is 0 Å². The number of aromatic nitrogens is 2. The van der Waals surface area contributed by atoms with Crippen molar-refractivity contribution in [3.63, 3.8) is 0 Å². The standard InChI is InChI=1S/C15H21N3O2S/c1-5-10-7-11-13(16-9(4)17-14(11)21-10)18-12(15(19)20)6-8(2)3/h7-8,12H,5-6H2,1-4H3,(H,19,20)(H,16,17,18)/t12-/m0/s1. The van der Waals surface area contributed by atoms with Gasteiger partial charge in [0.2, 0.25) is 0 Å². The van der Waals surface area contributed by atoms with E-state index in [9.17, 15) is 9.90 Å².